The van der Waals surface area contributed by atoms with E-state index in [1.54, 1.807) is 4.90 Å². The molecular formula is C12H15NO2S. The maximum absolute atomic E-state index is 11.6. The fraction of sp³-hybridized carbons (Fsp3) is 0.417. The second kappa shape index (κ2) is 4.78. The van der Waals surface area contributed by atoms with Crippen molar-refractivity contribution >= 4 is 24.2 Å². The summed E-state index contributed by atoms with van der Waals surface area (Å²) < 4.78 is 5.35. The SMILES string of the molecule is CCOc1ccc(N2CC(S)CC2=O)cc1. The lowest BCUT2D eigenvalue weighted by atomic mass is 10.3. The lowest BCUT2D eigenvalue weighted by Crippen LogP contribution is -2.24. The van der Waals surface area contributed by atoms with Crippen molar-refractivity contribution < 1.29 is 9.53 Å². The lowest BCUT2D eigenvalue weighted by molar-refractivity contribution is -0.117. The Bertz CT molecular complexity index is 377. The minimum Gasteiger partial charge on any atom is -0.494 e. The van der Waals surface area contributed by atoms with Gasteiger partial charge in [0.05, 0.1) is 6.61 Å². The monoisotopic (exact) mass is 237 g/mol. The Hall–Kier alpha value is -1.16. The highest BCUT2D eigenvalue weighted by Crippen LogP contribution is 2.25. The molecule has 0 aromatic heterocycles. The first-order valence-corrected chi connectivity index (χ1v) is 5.93. The number of carbonyl (C=O) groups excluding carboxylic acids is 1. The van der Waals surface area contributed by atoms with E-state index in [-0.39, 0.29) is 11.2 Å². The fourth-order valence-electron chi connectivity index (χ4n) is 1.83. The van der Waals surface area contributed by atoms with Crippen LogP contribution < -0.4 is 9.64 Å². The van der Waals surface area contributed by atoms with Gasteiger partial charge in [-0.25, -0.2) is 0 Å². The van der Waals surface area contributed by atoms with E-state index < -0.39 is 0 Å². The molecule has 0 aliphatic carbocycles. The molecule has 16 heavy (non-hydrogen) atoms. The molecule has 3 nitrogen and oxygen atoms in total. The van der Waals surface area contributed by atoms with Crippen molar-refractivity contribution in [3.05, 3.63) is 24.3 Å². The third kappa shape index (κ3) is 2.32. The van der Waals surface area contributed by atoms with Crippen LogP contribution in [-0.4, -0.2) is 24.3 Å². The number of hydrogen-bond donors (Lipinski definition) is 1. The number of rotatable bonds is 3. The Kier molecular flexibility index (Phi) is 3.39. The van der Waals surface area contributed by atoms with E-state index in [0.29, 0.717) is 19.6 Å². The van der Waals surface area contributed by atoms with Gasteiger partial charge in [0.2, 0.25) is 5.91 Å². The number of anilines is 1. The summed E-state index contributed by atoms with van der Waals surface area (Å²) in [7, 11) is 0. The van der Waals surface area contributed by atoms with Gasteiger partial charge < -0.3 is 9.64 Å². The van der Waals surface area contributed by atoms with E-state index in [1.165, 1.54) is 0 Å². The fourth-order valence-corrected chi connectivity index (χ4v) is 2.15. The molecule has 86 valence electrons. The summed E-state index contributed by atoms with van der Waals surface area (Å²) in [5.74, 6) is 0.976. The average molecular weight is 237 g/mol. The number of nitrogens with zero attached hydrogens (tertiary/aromatic N) is 1. The Balaban J connectivity index is 2.12. The number of hydrogen-bond acceptors (Lipinski definition) is 3. The van der Waals surface area contributed by atoms with Gasteiger partial charge in [0, 0.05) is 23.9 Å². The van der Waals surface area contributed by atoms with Crippen LogP contribution in [0.1, 0.15) is 13.3 Å². The number of carbonyl (C=O) groups is 1. The number of thiol groups is 1. The summed E-state index contributed by atoms with van der Waals surface area (Å²) >= 11 is 4.33. The summed E-state index contributed by atoms with van der Waals surface area (Å²) in [5.41, 5.74) is 0.921. The molecule has 4 heteroatoms. The summed E-state index contributed by atoms with van der Waals surface area (Å²) in [6.45, 7) is 3.29. The lowest BCUT2D eigenvalue weighted by Gasteiger charge is -2.16. The molecule has 1 atom stereocenters. The largest absolute Gasteiger partial charge is 0.494 e. The zero-order chi connectivity index (χ0) is 11.5. The molecule has 1 aliphatic heterocycles. The van der Waals surface area contributed by atoms with E-state index in [1.807, 2.05) is 31.2 Å². The van der Waals surface area contributed by atoms with Gasteiger partial charge in [-0.3, -0.25) is 4.79 Å². The van der Waals surface area contributed by atoms with Gasteiger partial charge >= 0.3 is 0 Å². The van der Waals surface area contributed by atoms with Crippen LogP contribution in [0.3, 0.4) is 0 Å². The van der Waals surface area contributed by atoms with Gasteiger partial charge in [0.15, 0.2) is 0 Å². The zero-order valence-corrected chi connectivity index (χ0v) is 10.1. The highest BCUT2D eigenvalue weighted by Gasteiger charge is 2.27. The van der Waals surface area contributed by atoms with E-state index in [0.717, 1.165) is 11.4 Å². The standard InChI is InChI=1S/C12H15NO2S/c1-2-15-10-5-3-9(4-6-10)13-8-11(16)7-12(13)14/h3-6,11,16H,2,7-8H2,1H3. The highest BCUT2D eigenvalue weighted by molar-refractivity contribution is 7.81. The molecule has 1 unspecified atom stereocenters. The first-order chi connectivity index (χ1) is 7.70. The molecule has 1 heterocycles. The molecule has 1 amide bonds. The van der Waals surface area contributed by atoms with Gasteiger partial charge in [0.1, 0.15) is 5.75 Å². The van der Waals surface area contributed by atoms with Crippen LogP contribution >= 0.6 is 12.6 Å². The molecule has 0 N–H and O–H groups in total. The minimum absolute atomic E-state index is 0.143. The molecule has 1 aromatic carbocycles. The molecule has 0 spiro atoms. The molecule has 1 aliphatic rings. The third-order valence-electron chi connectivity index (χ3n) is 2.56. The van der Waals surface area contributed by atoms with Crippen molar-refractivity contribution in [3.8, 4) is 5.75 Å². The topological polar surface area (TPSA) is 29.5 Å². The van der Waals surface area contributed by atoms with Crippen LogP contribution in [0.15, 0.2) is 24.3 Å². The van der Waals surface area contributed by atoms with Crippen molar-refractivity contribution in [1.82, 2.24) is 0 Å². The maximum atomic E-state index is 11.6. The second-order valence-electron chi connectivity index (χ2n) is 3.79. The predicted octanol–water partition coefficient (Wildman–Crippen LogP) is 2.12. The van der Waals surface area contributed by atoms with Crippen molar-refractivity contribution in [2.75, 3.05) is 18.1 Å². The first kappa shape index (κ1) is 11.3. The number of benzene rings is 1. The van der Waals surface area contributed by atoms with Crippen molar-refractivity contribution in [2.24, 2.45) is 0 Å². The Morgan fingerprint density at radius 2 is 2.12 bits per heavy atom. The molecule has 1 fully saturated rings. The smallest absolute Gasteiger partial charge is 0.228 e. The first-order valence-electron chi connectivity index (χ1n) is 5.42. The van der Waals surface area contributed by atoms with E-state index >= 15 is 0 Å². The molecule has 0 saturated carbocycles. The number of ether oxygens (including phenoxy) is 1. The van der Waals surface area contributed by atoms with Crippen LogP contribution in [0.25, 0.3) is 0 Å². The highest BCUT2D eigenvalue weighted by atomic mass is 32.1. The van der Waals surface area contributed by atoms with Gasteiger partial charge in [-0.2, -0.15) is 12.6 Å². The van der Waals surface area contributed by atoms with Crippen LogP contribution in [0.5, 0.6) is 5.75 Å². The molecule has 2 rings (SSSR count). The normalized spacial score (nSPS) is 20.2. The number of amides is 1. The summed E-state index contributed by atoms with van der Waals surface area (Å²) in [5, 5.41) is 0.152. The zero-order valence-electron chi connectivity index (χ0n) is 9.22. The van der Waals surface area contributed by atoms with E-state index in [9.17, 15) is 4.79 Å². The molecule has 0 radical (unpaired) electrons. The van der Waals surface area contributed by atoms with E-state index in [2.05, 4.69) is 12.6 Å². The summed E-state index contributed by atoms with van der Waals surface area (Å²) in [6.07, 6.45) is 0.524. The predicted molar refractivity (Wildman–Crippen MR) is 67.4 cm³/mol. The maximum Gasteiger partial charge on any atom is 0.228 e. The van der Waals surface area contributed by atoms with E-state index in [4.69, 9.17) is 4.74 Å². The molecule has 1 saturated heterocycles. The van der Waals surface area contributed by atoms with Crippen LogP contribution in [-0.2, 0) is 4.79 Å². The van der Waals surface area contributed by atoms with Gasteiger partial charge in [-0.05, 0) is 31.2 Å². The Labute approximate surface area is 101 Å². The van der Waals surface area contributed by atoms with Crippen molar-refractivity contribution in [3.63, 3.8) is 0 Å². The van der Waals surface area contributed by atoms with Crippen LogP contribution in [0.2, 0.25) is 0 Å². The average Bonchev–Trinajstić information content (AvgIpc) is 2.59. The van der Waals surface area contributed by atoms with Crippen LogP contribution in [0.4, 0.5) is 5.69 Å². The molecule has 0 bridgehead atoms. The Morgan fingerprint density at radius 1 is 1.44 bits per heavy atom. The molecule has 1 aromatic rings. The quantitative estimate of drug-likeness (QED) is 0.816. The Morgan fingerprint density at radius 3 is 2.62 bits per heavy atom. The summed E-state index contributed by atoms with van der Waals surface area (Å²) in [6, 6.07) is 7.60. The van der Waals surface area contributed by atoms with Gasteiger partial charge in [-0.1, -0.05) is 0 Å². The second-order valence-corrected chi connectivity index (χ2v) is 4.52. The van der Waals surface area contributed by atoms with Gasteiger partial charge in [0.25, 0.3) is 0 Å². The van der Waals surface area contributed by atoms with Crippen molar-refractivity contribution in [1.29, 1.82) is 0 Å². The van der Waals surface area contributed by atoms with Gasteiger partial charge in [-0.15, -0.1) is 0 Å². The molecular weight excluding hydrogens is 222 g/mol. The minimum atomic E-state index is 0.143. The van der Waals surface area contributed by atoms with Crippen LogP contribution in [0, 0.1) is 0 Å². The van der Waals surface area contributed by atoms with Crippen molar-refractivity contribution in [2.45, 2.75) is 18.6 Å². The third-order valence-corrected chi connectivity index (χ3v) is 2.91. The summed E-state index contributed by atoms with van der Waals surface area (Å²) in [4.78, 5) is 13.4.